The predicted octanol–water partition coefficient (Wildman–Crippen LogP) is 2.93. The van der Waals surface area contributed by atoms with E-state index in [0.29, 0.717) is 5.69 Å². The van der Waals surface area contributed by atoms with E-state index in [9.17, 15) is 4.79 Å². The Balaban J connectivity index is 1.69. The zero-order valence-corrected chi connectivity index (χ0v) is 16.5. The number of nitrogens with one attached hydrogen (secondary N) is 2. The Morgan fingerprint density at radius 2 is 2.14 bits per heavy atom. The number of hydrogen-bond donors (Lipinski definition) is 2. The van der Waals surface area contributed by atoms with Gasteiger partial charge in [0, 0.05) is 43.2 Å². The van der Waals surface area contributed by atoms with Crippen LogP contribution in [0.2, 0.25) is 0 Å². The van der Waals surface area contributed by atoms with Gasteiger partial charge in [-0.3, -0.25) is 14.9 Å². The molecule has 0 unspecified atom stereocenters. The number of carbonyl (C=O) groups excluding carboxylic acids is 1. The molecular formula is C22H25N5O. The van der Waals surface area contributed by atoms with Crippen molar-refractivity contribution in [2.24, 2.45) is 0 Å². The van der Waals surface area contributed by atoms with Crippen molar-refractivity contribution in [2.45, 2.75) is 32.9 Å². The van der Waals surface area contributed by atoms with E-state index >= 15 is 0 Å². The van der Waals surface area contributed by atoms with E-state index in [1.807, 2.05) is 12.1 Å². The van der Waals surface area contributed by atoms with Crippen LogP contribution in [0.1, 0.15) is 50.0 Å². The van der Waals surface area contributed by atoms with Crippen molar-refractivity contribution in [3.05, 3.63) is 81.9 Å². The molecule has 3 heterocycles. The lowest BCUT2D eigenvalue weighted by Gasteiger charge is -2.24. The average molecular weight is 375 g/mol. The highest BCUT2D eigenvalue weighted by Gasteiger charge is 2.26. The molecule has 6 heteroatoms. The number of amides is 1. The second kappa shape index (κ2) is 7.56. The van der Waals surface area contributed by atoms with E-state index in [4.69, 9.17) is 0 Å². The lowest BCUT2D eigenvalue weighted by Crippen LogP contribution is -2.32. The van der Waals surface area contributed by atoms with E-state index in [-0.39, 0.29) is 11.9 Å². The molecule has 1 aliphatic rings. The van der Waals surface area contributed by atoms with Crippen molar-refractivity contribution in [3.8, 4) is 0 Å². The van der Waals surface area contributed by atoms with Crippen molar-refractivity contribution in [3.63, 3.8) is 0 Å². The van der Waals surface area contributed by atoms with E-state index in [1.165, 1.54) is 5.56 Å². The summed E-state index contributed by atoms with van der Waals surface area (Å²) in [5, 5.41) is 10.6. The highest BCUT2D eigenvalue weighted by atomic mass is 16.2. The smallest absolute Gasteiger partial charge is 0.272 e. The lowest BCUT2D eigenvalue weighted by molar-refractivity contribution is 0.0935. The predicted molar refractivity (Wildman–Crippen MR) is 108 cm³/mol. The Hall–Kier alpha value is -2.99. The van der Waals surface area contributed by atoms with Crippen molar-refractivity contribution in [1.29, 1.82) is 0 Å². The Bertz CT molecular complexity index is 995. The van der Waals surface area contributed by atoms with Crippen molar-refractivity contribution >= 4 is 5.91 Å². The maximum absolute atomic E-state index is 13.2. The van der Waals surface area contributed by atoms with Crippen LogP contribution in [0.3, 0.4) is 0 Å². The van der Waals surface area contributed by atoms with Gasteiger partial charge in [-0.05, 0) is 43.7 Å². The molecule has 1 amide bonds. The molecule has 6 nitrogen and oxygen atoms in total. The number of aryl methyl sites for hydroxylation is 2. The Labute approximate surface area is 165 Å². The van der Waals surface area contributed by atoms with Gasteiger partial charge in [-0.1, -0.05) is 29.8 Å². The summed E-state index contributed by atoms with van der Waals surface area (Å²) in [7, 11) is 2.06. The van der Waals surface area contributed by atoms with Gasteiger partial charge in [-0.2, -0.15) is 5.10 Å². The number of aromatic amines is 1. The zero-order valence-electron chi connectivity index (χ0n) is 16.5. The number of benzene rings is 1. The maximum atomic E-state index is 13.2. The summed E-state index contributed by atoms with van der Waals surface area (Å²) in [6, 6.07) is 9.89. The zero-order chi connectivity index (χ0) is 19.7. The first-order valence-electron chi connectivity index (χ1n) is 9.55. The van der Waals surface area contributed by atoms with Crippen LogP contribution in [0, 0.1) is 13.8 Å². The summed E-state index contributed by atoms with van der Waals surface area (Å²) in [5.74, 6) is -0.165. The number of aromatic nitrogens is 3. The lowest BCUT2D eigenvalue weighted by atomic mass is 9.94. The first kappa shape index (κ1) is 18.4. The molecule has 1 aliphatic heterocycles. The van der Waals surface area contributed by atoms with Gasteiger partial charge in [-0.25, -0.2) is 0 Å². The van der Waals surface area contributed by atoms with Crippen LogP contribution >= 0.6 is 0 Å². The second-order valence-corrected chi connectivity index (χ2v) is 7.57. The van der Waals surface area contributed by atoms with Crippen LogP contribution in [0.4, 0.5) is 0 Å². The molecule has 144 valence electrons. The van der Waals surface area contributed by atoms with Gasteiger partial charge in [0.15, 0.2) is 5.69 Å². The molecule has 0 saturated carbocycles. The molecule has 2 aromatic heterocycles. The van der Waals surface area contributed by atoms with Crippen LogP contribution in [0.25, 0.3) is 0 Å². The number of rotatable bonds is 4. The summed E-state index contributed by atoms with van der Waals surface area (Å²) in [5.41, 5.74) is 6.89. The summed E-state index contributed by atoms with van der Waals surface area (Å²) >= 11 is 0. The van der Waals surface area contributed by atoms with Gasteiger partial charge in [0.25, 0.3) is 5.91 Å². The molecule has 4 rings (SSSR count). The van der Waals surface area contributed by atoms with Gasteiger partial charge in [0.05, 0.1) is 6.04 Å². The number of nitrogens with zero attached hydrogens (tertiary/aromatic N) is 3. The van der Waals surface area contributed by atoms with E-state index in [1.54, 1.807) is 12.4 Å². The first-order valence-corrected chi connectivity index (χ1v) is 9.55. The summed E-state index contributed by atoms with van der Waals surface area (Å²) in [6.07, 6.45) is 4.43. The number of H-pyrrole nitrogens is 1. The molecule has 3 aromatic rings. The highest BCUT2D eigenvalue weighted by molar-refractivity contribution is 5.94. The van der Waals surface area contributed by atoms with E-state index < -0.39 is 0 Å². The fourth-order valence-electron chi connectivity index (χ4n) is 3.85. The molecule has 28 heavy (non-hydrogen) atoms. The summed E-state index contributed by atoms with van der Waals surface area (Å²) in [6.45, 7) is 5.84. The van der Waals surface area contributed by atoms with E-state index in [0.717, 1.165) is 47.5 Å². The normalized spacial score (nSPS) is 15.1. The maximum Gasteiger partial charge on any atom is 0.272 e. The van der Waals surface area contributed by atoms with Crippen LogP contribution in [-0.4, -0.2) is 39.6 Å². The van der Waals surface area contributed by atoms with Gasteiger partial charge < -0.3 is 10.2 Å². The van der Waals surface area contributed by atoms with Gasteiger partial charge in [-0.15, -0.1) is 0 Å². The van der Waals surface area contributed by atoms with Gasteiger partial charge in [0.1, 0.15) is 0 Å². The Kier molecular flexibility index (Phi) is 4.96. The minimum atomic E-state index is -0.282. The number of hydrogen-bond acceptors (Lipinski definition) is 4. The topological polar surface area (TPSA) is 73.9 Å². The van der Waals surface area contributed by atoms with Gasteiger partial charge >= 0.3 is 0 Å². The molecule has 0 radical (unpaired) electrons. The third kappa shape index (κ3) is 3.55. The number of fused-ring (bicyclic) bond motifs is 1. The average Bonchev–Trinajstić information content (AvgIpc) is 3.10. The third-order valence-corrected chi connectivity index (χ3v) is 5.37. The minimum Gasteiger partial charge on any atom is -0.340 e. The number of likely N-dealkylation sites (N-methyl/N-ethyl adjacent to an activating group) is 1. The quantitative estimate of drug-likeness (QED) is 0.735. The molecule has 0 saturated heterocycles. The fourth-order valence-corrected chi connectivity index (χ4v) is 3.85. The van der Waals surface area contributed by atoms with Crippen molar-refractivity contribution < 1.29 is 4.79 Å². The van der Waals surface area contributed by atoms with Crippen LogP contribution < -0.4 is 5.32 Å². The molecule has 0 bridgehead atoms. The standard InChI is InChI=1S/C22H25N5O/c1-14-6-7-17(15(2)11-14)20(16-5-4-9-23-12-16)24-22(28)21-18-13-27(3)10-8-19(18)25-26-21/h4-7,9,11-12,20H,8,10,13H2,1-3H3,(H,24,28)(H,25,26)/t20-/m0/s1. The second-order valence-electron chi connectivity index (χ2n) is 7.57. The van der Waals surface area contributed by atoms with Crippen LogP contribution in [0.15, 0.2) is 42.7 Å². The molecule has 0 fully saturated rings. The monoisotopic (exact) mass is 375 g/mol. The van der Waals surface area contributed by atoms with Crippen LogP contribution in [-0.2, 0) is 13.0 Å². The molecule has 1 atom stereocenters. The number of carbonyl (C=O) groups is 1. The highest BCUT2D eigenvalue weighted by Crippen LogP contribution is 2.27. The van der Waals surface area contributed by atoms with Crippen LogP contribution in [0.5, 0.6) is 0 Å². The molecule has 1 aromatic carbocycles. The van der Waals surface area contributed by atoms with E-state index in [2.05, 4.69) is 64.5 Å². The number of pyridine rings is 1. The largest absolute Gasteiger partial charge is 0.340 e. The van der Waals surface area contributed by atoms with Crippen molar-refractivity contribution in [1.82, 2.24) is 25.4 Å². The molecule has 0 aliphatic carbocycles. The summed E-state index contributed by atoms with van der Waals surface area (Å²) in [4.78, 5) is 19.6. The molecule has 2 N–H and O–H groups in total. The SMILES string of the molecule is Cc1ccc([C@@H](NC(=O)c2n[nH]c3c2CN(C)CC3)c2cccnc2)c(C)c1. The fraction of sp³-hybridized carbons (Fsp3) is 0.318. The summed E-state index contributed by atoms with van der Waals surface area (Å²) < 4.78 is 0. The Morgan fingerprint density at radius 1 is 1.29 bits per heavy atom. The van der Waals surface area contributed by atoms with Gasteiger partial charge in [0.2, 0.25) is 0 Å². The Morgan fingerprint density at radius 3 is 2.89 bits per heavy atom. The minimum absolute atomic E-state index is 0.165. The third-order valence-electron chi connectivity index (χ3n) is 5.37. The molecular weight excluding hydrogens is 350 g/mol. The first-order chi connectivity index (χ1) is 13.5. The molecule has 0 spiro atoms. The van der Waals surface area contributed by atoms with Crippen molar-refractivity contribution in [2.75, 3.05) is 13.6 Å².